The van der Waals surface area contributed by atoms with E-state index in [1.54, 1.807) is 0 Å². The Labute approximate surface area is 231 Å². The zero-order valence-electron chi connectivity index (χ0n) is 21.7. The molecule has 0 unspecified atom stereocenters. The van der Waals surface area contributed by atoms with Crippen LogP contribution in [0.4, 0.5) is 5.69 Å². The van der Waals surface area contributed by atoms with Gasteiger partial charge in [0.2, 0.25) is 0 Å². The first-order valence-corrected chi connectivity index (χ1v) is 13.6. The predicted molar refractivity (Wildman–Crippen MR) is 158 cm³/mol. The van der Waals surface area contributed by atoms with Crippen molar-refractivity contribution in [3.63, 3.8) is 0 Å². The minimum Gasteiger partial charge on any atom is -0.358 e. The molecule has 0 fully saturated rings. The molecule has 0 bridgehead atoms. The first-order chi connectivity index (χ1) is 16.9. The fourth-order valence-electron chi connectivity index (χ4n) is 5.08. The first kappa shape index (κ1) is 26.9. The number of fused-ring (bicyclic) bond motifs is 1. The molecule has 36 heavy (non-hydrogen) atoms. The highest BCUT2D eigenvalue weighted by Crippen LogP contribution is 2.44. The van der Waals surface area contributed by atoms with Crippen molar-refractivity contribution in [2.75, 3.05) is 5.32 Å². The second kappa shape index (κ2) is 10.3. The SMILES string of the molecule is C=C(/C=C/C1=C(Cl)C(=C/C=C2/Nc3ccc(Cl)cc3C2(C)C)/CCC1)C(C)(C)c1cc(Cl)ccc1C. The summed E-state index contributed by atoms with van der Waals surface area (Å²) in [5.41, 5.74) is 8.82. The number of benzene rings is 2. The van der Waals surface area contributed by atoms with E-state index in [9.17, 15) is 0 Å². The third kappa shape index (κ3) is 5.25. The summed E-state index contributed by atoms with van der Waals surface area (Å²) in [6, 6.07) is 12.1. The van der Waals surface area contributed by atoms with Gasteiger partial charge < -0.3 is 5.32 Å². The maximum absolute atomic E-state index is 6.92. The molecule has 0 atom stereocenters. The summed E-state index contributed by atoms with van der Waals surface area (Å²) in [7, 11) is 0. The molecule has 2 aromatic rings. The molecule has 0 radical (unpaired) electrons. The van der Waals surface area contributed by atoms with E-state index in [2.05, 4.69) is 76.9 Å². The number of nitrogens with one attached hydrogen (secondary N) is 1. The Morgan fingerprint density at radius 3 is 2.44 bits per heavy atom. The van der Waals surface area contributed by atoms with E-state index in [0.717, 1.165) is 62.4 Å². The number of hydrogen-bond acceptors (Lipinski definition) is 1. The molecule has 2 aliphatic rings. The van der Waals surface area contributed by atoms with Gasteiger partial charge in [-0.05, 0) is 96.0 Å². The molecule has 1 aliphatic carbocycles. The molecular formula is C32H34Cl3N. The third-order valence-electron chi connectivity index (χ3n) is 7.67. The fourth-order valence-corrected chi connectivity index (χ4v) is 5.74. The summed E-state index contributed by atoms with van der Waals surface area (Å²) in [5, 5.41) is 5.91. The molecule has 4 rings (SSSR count). The molecule has 1 N–H and O–H groups in total. The maximum atomic E-state index is 6.92. The standard InChI is InChI=1S/C32H34Cl3N/c1-20-10-14-24(33)18-26(20)31(3,4)21(2)11-12-22-8-7-9-23(30(22)35)13-17-29-32(5,6)27-19-25(34)15-16-28(27)36-29/h10-19,36H,2,7-9H2,1,3-6H3/b12-11+,23-13+,29-17+. The van der Waals surface area contributed by atoms with Gasteiger partial charge in [0.25, 0.3) is 0 Å². The third-order valence-corrected chi connectivity index (χ3v) is 8.62. The van der Waals surface area contributed by atoms with Gasteiger partial charge in [0, 0.05) is 37.3 Å². The lowest BCUT2D eigenvalue weighted by Gasteiger charge is -2.28. The van der Waals surface area contributed by atoms with Crippen LogP contribution in [0, 0.1) is 6.92 Å². The van der Waals surface area contributed by atoms with Gasteiger partial charge in [0.15, 0.2) is 0 Å². The Balaban J connectivity index is 1.57. The highest BCUT2D eigenvalue weighted by Gasteiger charge is 2.34. The average molecular weight is 539 g/mol. The van der Waals surface area contributed by atoms with Gasteiger partial charge in [-0.15, -0.1) is 0 Å². The number of hydrogen-bond donors (Lipinski definition) is 1. The van der Waals surface area contributed by atoms with E-state index in [1.807, 2.05) is 30.3 Å². The molecule has 0 aromatic heterocycles. The summed E-state index contributed by atoms with van der Waals surface area (Å²) in [5.74, 6) is 0. The van der Waals surface area contributed by atoms with Crippen LogP contribution in [0.1, 0.15) is 63.6 Å². The predicted octanol–water partition coefficient (Wildman–Crippen LogP) is 10.6. The summed E-state index contributed by atoms with van der Waals surface area (Å²) in [4.78, 5) is 0. The Hall–Kier alpha value is -2.19. The molecule has 0 saturated carbocycles. The molecule has 4 heteroatoms. The van der Waals surface area contributed by atoms with Gasteiger partial charge in [-0.1, -0.05) is 93.4 Å². The van der Waals surface area contributed by atoms with Crippen LogP contribution >= 0.6 is 34.8 Å². The van der Waals surface area contributed by atoms with E-state index in [-0.39, 0.29) is 10.8 Å². The van der Waals surface area contributed by atoms with Crippen molar-refractivity contribution in [2.24, 2.45) is 0 Å². The first-order valence-electron chi connectivity index (χ1n) is 12.4. The maximum Gasteiger partial charge on any atom is 0.0469 e. The molecule has 0 amide bonds. The monoisotopic (exact) mass is 537 g/mol. The van der Waals surface area contributed by atoms with Crippen LogP contribution in [0.15, 0.2) is 94.7 Å². The Bertz CT molecular complexity index is 1340. The number of anilines is 1. The van der Waals surface area contributed by atoms with Crippen LogP contribution in [0.2, 0.25) is 10.0 Å². The van der Waals surface area contributed by atoms with Gasteiger partial charge in [0.1, 0.15) is 0 Å². The molecule has 1 aliphatic heterocycles. The normalized spacial score (nSPS) is 19.8. The molecule has 0 saturated heterocycles. The van der Waals surface area contributed by atoms with Crippen molar-refractivity contribution in [3.8, 4) is 0 Å². The summed E-state index contributed by atoms with van der Waals surface area (Å²) in [6.07, 6.45) is 11.6. The lowest BCUT2D eigenvalue weighted by Crippen LogP contribution is -2.20. The lowest BCUT2D eigenvalue weighted by atomic mass is 9.76. The molecule has 188 valence electrons. The number of aryl methyl sites for hydroxylation is 1. The van der Waals surface area contributed by atoms with Crippen molar-refractivity contribution in [3.05, 3.63) is 121 Å². The molecule has 1 nitrogen and oxygen atoms in total. The van der Waals surface area contributed by atoms with Gasteiger partial charge in [-0.2, -0.15) is 0 Å². The van der Waals surface area contributed by atoms with Gasteiger partial charge in [-0.25, -0.2) is 0 Å². The van der Waals surface area contributed by atoms with E-state index < -0.39 is 0 Å². The Kier molecular flexibility index (Phi) is 7.68. The van der Waals surface area contributed by atoms with E-state index in [0.29, 0.717) is 0 Å². The van der Waals surface area contributed by atoms with Crippen molar-refractivity contribution < 1.29 is 0 Å². The zero-order valence-corrected chi connectivity index (χ0v) is 24.0. The van der Waals surface area contributed by atoms with E-state index >= 15 is 0 Å². The van der Waals surface area contributed by atoms with Gasteiger partial charge >= 0.3 is 0 Å². The van der Waals surface area contributed by atoms with Crippen molar-refractivity contribution in [1.82, 2.24) is 0 Å². The van der Waals surface area contributed by atoms with Gasteiger partial charge in [0.05, 0.1) is 0 Å². The second-order valence-corrected chi connectivity index (χ2v) is 12.1. The molecule has 2 aromatic carbocycles. The summed E-state index contributed by atoms with van der Waals surface area (Å²) < 4.78 is 0. The fraction of sp³-hybridized carbons (Fsp3) is 0.312. The van der Waals surface area contributed by atoms with E-state index in [1.165, 1.54) is 16.7 Å². The van der Waals surface area contributed by atoms with Crippen molar-refractivity contribution in [2.45, 2.75) is 64.7 Å². The Morgan fingerprint density at radius 2 is 1.69 bits per heavy atom. The minimum absolute atomic E-state index is 0.146. The molecule has 0 spiro atoms. The number of allylic oxidation sites excluding steroid dienone is 9. The molecular weight excluding hydrogens is 505 g/mol. The van der Waals surface area contributed by atoms with Crippen LogP contribution in [0.5, 0.6) is 0 Å². The highest BCUT2D eigenvalue weighted by atomic mass is 35.5. The summed E-state index contributed by atoms with van der Waals surface area (Å²) >= 11 is 19.5. The van der Waals surface area contributed by atoms with Crippen LogP contribution in [-0.2, 0) is 10.8 Å². The average Bonchev–Trinajstić information content (AvgIpc) is 3.08. The Morgan fingerprint density at radius 1 is 1.00 bits per heavy atom. The van der Waals surface area contributed by atoms with Crippen LogP contribution < -0.4 is 5.32 Å². The minimum atomic E-state index is -0.242. The van der Waals surface area contributed by atoms with Crippen molar-refractivity contribution >= 4 is 40.5 Å². The summed E-state index contributed by atoms with van der Waals surface area (Å²) in [6.45, 7) is 15.3. The quantitative estimate of drug-likeness (QED) is 0.373. The molecule has 1 heterocycles. The van der Waals surface area contributed by atoms with Crippen LogP contribution in [0.3, 0.4) is 0 Å². The van der Waals surface area contributed by atoms with Crippen LogP contribution in [0.25, 0.3) is 0 Å². The topological polar surface area (TPSA) is 12.0 Å². The lowest BCUT2D eigenvalue weighted by molar-refractivity contribution is 0.636. The zero-order chi connectivity index (χ0) is 26.3. The van der Waals surface area contributed by atoms with Gasteiger partial charge in [-0.3, -0.25) is 0 Å². The largest absolute Gasteiger partial charge is 0.358 e. The number of halogens is 3. The number of rotatable bonds is 5. The van der Waals surface area contributed by atoms with Crippen molar-refractivity contribution in [1.29, 1.82) is 0 Å². The van der Waals surface area contributed by atoms with E-state index in [4.69, 9.17) is 34.8 Å². The second-order valence-electron chi connectivity index (χ2n) is 10.8. The smallest absolute Gasteiger partial charge is 0.0469 e. The van der Waals surface area contributed by atoms with Crippen LogP contribution in [-0.4, -0.2) is 0 Å². The highest BCUT2D eigenvalue weighted by molar-refractivity contribution is 6.32.